The van der Waals surface area contributed by atoms with Gasteiger partial charge in [-0.15, -0.1) is 11.3 Å². The lowest BCUT2D eigenvalue weighted by atomic mass is 9.98. The van der Waals surface area contributed by atoms with E-state index in [4.69, 9.17) is 14.7 Å². The zero-order chi connectivity index (χ0) is 34.6. The van der Waals surface area contributed by atoms with Crippen LogP contribution in [0.5, 0.6) is 0 Å². The zero-order valence-electron chi connectivity index (χ0n) is 28.0. The van der Waals surface area contributed by atoms with Crippen molar-refractivity contribution in [2.45, 2.75) is 62.7 Å². The highest BCUT2D eigenvalue weighted by Crippen LogP contribution is 2.41. The zero-order valence-corrected chi connectivity index (χ0v) is 28.8. The van der Waals surface area contributed by atoms with E-state index in [2.05, 4.69) is 68.8 Å². The Balaban J connectivity index is 0.923. The molecule has 0 saturated carbocycles. The van der Waals surface area contributed by atoms with Crippen LogP contribution in [0.1, 0.15) is 72.7 Å². The van der Waals surface area contributed by atoms with Gasteiger partial charge in [-0.25, -0.2) is 19.7 Å². The van der Waals surface area contributed by atoms with Gasteiger partial charge in [-0.3, -0.25) is 9.59 Å². The van der Waals surface area contributed by atoms with E-state index in [1.54, 1.807) is 10.9 Å². The Kier molecular flexibility index (Phi) is 7.79. The highest BCUT2D eigenvalue weighted by atomic mass is 32.1. The number of hydrogen-bond donors (Lipinski definition) is 3. The molecule has 0 bridgehead atoms. The lowest BCUT2D eigenvalue weighted by Gasteiger charge is -2.37. The fraction of sp³-hybridized carbons (Fsp3) is 0.316. The third-order valence-corrected chi connectivity index (χ3v) is 11.3. The average Bonchev–Trinajstić information content (AvgIpc) is 4.00. The summed E-state index contributed by atoms with van der Waals surface area (Å²) in [5, 5.41) is 4.50. The van der Waals surface area contributed by atoms with E-state index in [0.717, 1.165) is 88.1 Å². The Bertz CT molecular complexity index is 2280. The van der Waals surface area contributed by atoms with Crippen LogP contribution in [-0.4, -0.2) is 78.4 Å². The minimum Gasteiger partial charge on any atom is -0.453 e. The van der Waals surface area contributed by atoms with Crippen molar-refractivity contribution in [1.82, 2.24) is 40.0 Å². The lowest BCUT2D eigenvalue weighted by Crippen LogP contribution is -2.54. The summed E-state index contributed by atoms with van der Waals surface area (Å²) in [6.45, 7) is 0.697. The van der Waals surface area contributed by atoms with E-state index < -0.39 is 12.1 Å². The maximum atomic E-state index is 13.4. The molecule has 6 heterocycles. The fourth-order valence-electron chi connectivity index (χ4n) is 8.11. The number of nitrogens with one attached hydrogen (secondary N) is 3. The molecule has 3 aromatic carbocycles. The number of H-pyrrole nitrogens is 2. The van der Waals surface area contributed by atoms with Gasteiger partial charge in [0.05, 0.1) is 46.8 Å². The molecule has 0 spiro atoms. The van der Waals surface area contributed by atoms with Crippen molar-refractivity contribution in [2.75, 3.05) is 13.7 Å². The van der Waals surface area contributed by atoms with E-state index in [1.165, 1.54) is 18.4 Å². The molecule has 3 saturated heterocycles. The summed E-state index contributed by atoms with van der Waals surface area (Å²) in [6.07, 6.45) is 4.40. The quantitative estimate of drug-likeness (QED) is 0.174. The van der Waals surface area contributed by atoms with Gasteiger partial charge >= 0.3 is 6.09 Å². The predicted molar refractivity (Wildman–Crippen MR) is 193 cm³/mol. The second-order valence-electron chi connectivity index (χ2n) is 13.6. The van der Waals surface area contributed by atoms with Crippen molar-refractivity contribution >= 4 is 51.3 Å². The van der Waals surface area contributed by atoms with Crippen LogP contribution in [0.25, 0.3) is 44.3 Å². The Labute approximate surface area is 297 Å². The highest BCUT2D eigenvalue weighted by molar-refractivity contribution is 7.07. The second-order valence-corrected chi connectivity index (χ2v) is 14.3. The molecule has 6 aromatic rings. The van der Waals surface area contributed by atoms with E-state index in [1.807, 2.05) is 21.9 Å². The average molecular weight is 701 g/mol. The topological polar surface area (TPSA) is 149 Å². The number of hydrogen-bond acceptors (Lipinski definition) is 8. The molecule has 0 radical (unpaired) electrons. The van der Waals surface area contributed by atoms with Crippen LogP contribution < -0.4 is 5.32 Å². The number of piperidine rings is 1. The third kappa shape index (κ3) is 5.61. The Morgan fingerprint density at radius 3 is 2.08 bits per heavy atom. The molecular weight excluding hydrogens is 665 g/mol. The number of alkyl carbamates (subject to hydrolysis) is 1. The van der Waals surface area contributed by atoms with Crippen LogP contribution in [0.4, 0.5) is 4.79 Å². The number of aromatic amines is 2. The molecule has 3 aliphatic heterocycles. The van der Waals surface area contributed by atoms with Gasteiger partial charge in [0, 0.05) is 18.0 Å². The van der Waals surface area contributed by atoms with Crippen molar-refractivity contribution in [1.29, 1.82) is 0 Å². The molecule has 3 amide bonds. The Morgan fingerprint density at radius 1 is 0.824 bits per heavy atom. The van der Waals surface area contributed by atoms with Crippen molar-refractivity contribution in [2.24, 2.45) is 0 Å². The van der Waals surface area contributed by atoms with Gasteiger partial charge < -0.3 is 29.8 Å². The first kappa shape index (κ1) is 31.4. The van der Waals surface area contributed by atoms with Crippen LogP contribution in [0.15, 0.2) is 71.6 Å². The normalized spacial score (nSPS) is 21.8. The number of aromatic nitrogens is 5. The maximum absolute atomic E-state index is 13.4. The van der Waals surface area contributed by atoms with E-state index in [-0.39, 0.29) is 29.9 Å². The van der Waals surface area contributed by atoms with Crippen molar-refractivity contribution in [3.63, 3.8) is 0 Å². The molecule has 3 aliphatic rings. The minimum atomic E-state index is -0.589. The molecule has 258 valence electrons. The standard InChI is InChI=1S/C38H36N8O4S/c1-50-38(49)44-28-14-10-25-11-15-33(46(25)37(28)48)35-41-27-13-9-24(18-30(27)43-35)22-6-4-21(5-7-22)23-8-12-26-29(17-23)42-34(40-26)32-3-2-16-45(32)36(47)31-19-51-20-39-31/h4-9,12-13,17-20,25,28,32-33H,2-3,10-11,14-16H2,1H3,(H,40,42)(H,41,43)(H,44,49)/t25-,28-,32-,33-/m0/s1. The molecule has 0 unspecified atom stereocenters. The number of benzene rings is 3. The third-order valence-electron chi connectivity index (χ3n) is 10.7. The Morgan fingerprint density at radius 2 is 1.45 bits per heavy atom. The lowest BCUT2D eigenvalue weighted by molar-refractivity contribution is -0.139. The number of carbonyl (C=O) groups is 3. The van der Waals surface area contributed by atoms with Gasteiger partial charge in [-0.05, 0) is 85.0 Å². The van der Waals surface area contributed by atoms with E-state index in [0.29, 0.717) is 18.7 Å². The van der Waals surface area contributed by atoms with Crippen LogP contribution >= 0.6 is 11.3 Å². The molecule has 12 nitrogen and oxygen atoms in total. The number of imidazole rings is 2. The summed E-state index contributed by atoms with van der Waals surface area (Å²) < 4.78 is 4.74. The van der Waals surface area contributed by atoms with Crippen molar-refractivity contribution in [3.05, 3.63) is 88.9 Å². The van der Waals surface area contributed by atoms with Crippen LogP contribution in [0, 0.1) is 0 Å². The molecular formula is C38H36N8O4S. The number of nitrogens with zero attached hydrogens (tertiary/aromatic N) is 5. The molecule has 51 heavy (non-hydrogen) atoms. The number of carbonyl (C=O) groups excluding carboxylic acids is 3. The number of thiazole rings is 1. The summed E-state index contributed by atoms with van der Waals surface area (Å²) in [4.78, 5) is 63.2. The van der Waals surface area contributed by atoms with E-state index >= 15 is 0 Å². The summed E-state index contributed by atoms with van der Waals surface area (Å²) in [7, 11) is 1.31. The van der Waals surface area contributed by atoms with Crippen molar-refractivity contribution in [3.8, 4) is 22.3 Å². The predicted octanol–water partition coefficient (Wildman–Crippen LogP) is 6.76. The van der Waals surface area contributed by atoms with E-state index in [9.17, 15) is 14.4 Å². The molecule has 3 aromatic heterocycles. The van der Waals surface area contributed by atoms with Crippen molar-refractivity contribution < 1.29 is 19.1 Å². The number of likely N-dealkylation sites (tertiary alicyclic amines) is 1. The summed E-state index contributed by atoms with van der Waals surface area (Å²) in [5.74, 6) is 1.46. The molecule has 3 N–H and O–H groups in total. The maximum Gasteiger partial charge on any atom is 0.407 e. The van der Waals surface area contributed by atoms with Crippen LogP contribution in [-0.2, 0) is 9.53 Å². The SMILES string of the molecule is COC(=O)N[C@H]1CC[C@H]2CC[C@@H](c3nc4ccc(-c5ccc(-c6ccc7nc([C@@H]8CCCN8C(=O)c8cscn8)[nH]c7c6)cc5)cc4[nH]3)N2C1=O. The largest absolute Gasteiger partial charge is 0.453 e. The monoisotopic (exact) mass is 700 g/mol. The molecule has 13 heteroatoms. The second kappa shape index (κ2) is 12.6. The first-order valence-corrected chi connectivity index (χ1v) is 18.3. The van der Waals surface area contributed by atoms with Gasteiger partial charge in [0.15, 0.2) is 0 Å². The first-order chi connectivity index (χ1) is 24.9. The number of ether oxygens (including phenoxy) is 1. The summed E-state index contributed by atoms with van der Waals surface area (Å²) in [6, 6.07) is 20.3. The summed E-state index contributed by atoms with van der Waals surface area (Å²) >= 11 is 1.43. The van der Waals surface area contributed by atoms with Gasteiger partial charge in [0.25, 0.3) is 5.91 Å². The fourth-order valence-corrected chi connectivity index (χ4v) is 8.64. The molecule has 4 atom stereocenters. The van der Waals surface area contributed by atoms with Gasteiger partial charge in [0.2, 0.25) is 5.91 Å². The molecule has 3 fully saturated rings. The smallest absolute Gasteiger partial charge is 0.407 e. The van der Waals surface area contributed by atoms with Crippen LogP contribution in [0.2, 0.25) is 0 Å². The number of methoxy groups -OCH3 is 1. The Hall–Kier alpha value is -5.56. The van der Waals surface area contributed by atoms with Gasteiger partial charge in [0.1, 0.15) is 23.4 Å². The molecule has 9 rings (SSSR count). The highest BCUT2D eigenvalue weighted by Gasteiger charge is 2.45. The number of amides is 3. The number of fused-ring (bicyclic) bond motifs is 3. The summed E-state index contributed by atoms with van der Waals surface area (Å²) in [5.41, 5.74) is 10.1. The van der Waals surface area contributed by atoms with Gasteiger partial charge in [-0.1, -0.05) is 36.4 Å². The van der Waals surface area contributed by atoms with Gasteiger partial charge in [-0.2, -0.15) is 0 Å². The first-order valence-electron chi connectivity index (χ1n) is 17.4. The molecule has 0 aliphatic carbocycles. The number of rotatable bonds is 6. The minimum absolute atomic E-state index is 0.0440. The van der Waals surface area contributed by atoms with Crippen LogP contribution in [0.3, 0.4) is 0 Å².